The number of hydrogen-bond donors (Lipinski definition) is 0. The molecule has 0 aliphatic rings. The van der Waals surface area contributed by atoms with Gasteiger partial charge in [0.05, 0.1) is 12.1 Å². The Morgan fingerprint density at radius 3 is 2.73 bits per heavy atom. The van der Waals surface area contributed by atoms with Crippen LogP contribution in [0.5, 0.6) is 5.75 Å². The first-order valence-corrected chi connectivity index (χ1v) is 5.02. The van der Waals surface area contributed by atoms with Gasteiger partial charge in [0.15, 0.2) is 0 Å². The SMILES string of the molecule is C=Cc1ccc2cc(OC)ccc2c1Cl. The van der Waals surface area contributed by atoms with Crippen LogP contribution in [0.2, 0.25) is 5.02 Å². The maximum absolute atomic E-state index is 6.23. The monoisotopic (exact) mass is 218 g/mol. The van der Waals surface area contributed by atoms with Gasteiger partial charge in [-0.2, -0.15) is 0 Å². The van der Waals surface area contributed by atoms with Crippen LogP contribution < -0.4 is 4.74 Å². The summed E-state index contributed by atoms with van der Waals surface area (Å²) in [7, 11) is 1.65. The van der Waals surface area contributed by atoms with E-state index < -0.39 is 0 Å². The molecule has 0 unspecified atom stereocenters. The molecule has 0 amide bonds. The predicted octanol–water partition coefficient (Wildman–Crippen LogP) is 4.14. The fourth-order valence-electron chi connectivity index (χ4n) is 1.57. The van der Waals surface area contributed by atoms with Crippen molar-refractivity contribution in [1.82, 2.24) is 0 Å². The van der Waals surface area contributed by atoms with Gasteiger partial charge in [-0.3, -0.25) is 0 Å². The van der Waals surface area contributed by atoms with Gasteiger partial charge in [-0.1, -0.05) is 36.4 Å². The van der Waals surface area contributed by atoms with E-state index in [2.05, 4.69) is 6.58 Å². The molecule has 1 nitrogen and oxygen atoms in total. The first-order valence-electron chi connectivity index (χ1n) is 4.65. The van der Waals surface area contributed by atoms with Crippen LogP contribution in [0.3, 0.4) is 0 Å². The average molecular weight is 219 g/mol. The molecule has 0 N–H and O–H groups in total. The lowest BCUT2D eigenvalue weighted by atomic mass is 10.1. The van der Waals surface area contributed by atoms with Crippen molar-refractivity contribution in [2.45, 2.75) is 0 Å². The molecule has 0 fully saturated rings. The summed E-state index contributed by atoms with van der Waals surface area (Å²) in [6.07, 6.45) is 1.76. The number of methoxy groups -OCH3 is 1. The zero-order chi connectivity index (χ0) is 10.8. The van der Waals surface area contributed by atoms with E-state index in [-0.39, 0.29) is 0 Å². The lowest BCUT2D eigenvalue weighted by Gasteiger charge is -2.06. The molecular formula is C13H11ClO. The number of benzene rings is 2. The average Bonchev–Trinajstić information content (AvgIpc) is 2.29. The maximum atomic E-state index is 6.23. The first-order chi connectivity index (χ1) is 7.26. The lowest BCUT2D eigenvalue weighted by Crippen LogP contribution is -1.84. The third-order valence-electron chi connectivity index (χ3n) is 2.41. The summed E-state index contributed by atoms with van der Waals surface area (Å²) in [5.74, 6) is 0.838. The summed E-state index contributed by atoms with van der Waals surface area (Å²) in [5.41, 5.74) is 0.953. The van der Waals surface area contributed by atoms with Gasteiger partial charge in [-0.05, 0) is 29.1 Å². The fourth-order valence-corrected chi connectivity index (χ4v) is 1.88. The highest BCUT2D eigenvalue weighted by atomic mass is 35.5. The Kier molecular flexibility index (Phi) is 2.65. The number of rotatable bonds is 2. The molecule has 2 aromatic carbocycles. The summed E-state index contributed by atoms with van der Waals surface area (Å²) in [6, 6.07) is 9.80. The van der Waals surface area contributed by atoms with Gasteiger partial charge in [-0.15, -0.1) is 0 Å². The third-order valence-corrected chi connectivity index (χ3v) is 2.83. The second-order valence-electron chi connectivity index (χ2n) is 3.26. The molecule has 0 aliphatic heterocycles. The summed E-state index contributed by atoms with van der Waals surface area (Å²) < 4.78 is 5.16. The number of halogens is 1. The van der Waals surface area contributed by atoms with E-state index in [1.54, 1.807) is 13.2 Å². The van der Waals surface area contributed by atoms with Gasteiger partial charge in [0, 0.05) is 5.39 Å². The van der Waals surface area contributed by atoms with Gasteiger partial charge in [0.2, 0.25) is 0 Å². The van der Waals surface area contributed by atoms with Crippen LogP contribution >= 0.6 is 11.6 Å². The van der Waals surface area contributed by atoms with E-state index in [9.17, 15) is 0 Å². The quantitative estimate of drug-likeness (QED) is 0.736. The standard InChI is InChI=1S/C13H11ClO/c1-3-9-4-5-10-8-11(15-2)6-7-12(10)13(9)14/h3-8H,1H2,2H3. The minimum absolute atomic E-state index is 0.741. The molecule has 0 bridgehead atoms. The van der Waals surface area contributed by atoms with Gasteiger partial charge in [0.25, 0.3) is 0 Å². The number of hydrogen-bond acceptors (Lipinski definition) is 1. The Hall–Kier alpha value is -1.47. The molecule has 76 valence electrons. The first kappa shape index (κ1) is 10.1. The molecule has 0 saturated heterocycles. The smallest absolute Gasteiger partial charge is 0.119 e. The second kappa shape index (κ2) is 3.95. The van der Waals surface area contributed by atoms with Crippen LogP contribution in [0, 0.1) is 0 Å². The van der Waals surface area contributed by atoms with E-state index in [0.717, 1.165) is 27.1 Å². The zero-order valence-electron chi connectivity index (χ0n) is 8.46. The Labute approximate surface area is 93.9 Å². The second-order valence-corrected chi connectivity index (χ2v) is 3.64. The van der Waals surface area contributed by atoms with Crippen LogP contribution in [-0.4, -0.2) is 7.11 Å². The van der Waals surface area contributed by atoms with E-state index in [1.807, 2.05) is 30.3 Å². The van der Waals surface area contributed by atoms with Crippen molar-refractivity contribution in [1.29, 1.82) is 0 Å². The zero-order valence-corrected chi connectivity index (χ0v) is 9.21. The summed E-state index contributed by atoms with van der Waals surface area (Å²) in [6.45, 7) is 3.72. The maximum Gasteiger partial charge on any atom is 0.119 e. The molecule has 2 heteroatoms. The van der Waals surface area contributed by atoms with Crippen LogP contribution in [0.1, 0.15) is 5.56 Å². The van der Waals surface area contributed by atoms with Crippen LogP contribution in [-0.2, 0) is 0 Å². The van der Waals surface area contributed by atoms with Crippen molar-refractivity contribution < 1.29 is 4.74 Å². The Balaban J connectivity index is 2.73. The van der Waals surface area contributed by atoms with Crippen LogP contribution in [0.4, 0.5) is 0 Å². The molecule has 0 radical (unpaired) electrons. The third kappa shape index (κ3) is 1.71. The number of fused-ring (bicyclic) bond motifs is 1. The van der Waals surface area contributed by atoms with Gasteiger partial charge in [-0.25, -0.2) is 0 Å². The van der Waals surface area contributed by atoms with Crippen molar-refractivity contribution in [2.75, 3.05) is 7.11 Å². The van der Waals surface area contributed by atoms with Crippen LogP contribution in [0.25, 0.3) is 16.8 Å². The normalized spacial score (nSPS) is 10.3. The van der Waals surface area contributed by atoms with E-state index in [4.69, 9.17) is 16.3 Å². The van der Waals surface area contributed by atoms with Crippen molar-refractivity contribution in [3.8, 4) is 5.75 Å². The minimum Gasteiger partial charge on any atom is -0.497 e. The highest BCUT2D eigenvalue weighted by molar-refractivity contribution is 6.37. The molecule has 2 rings (SSSR count). The van der Waals surface area contributed by atoms with Gasteiger partial charge in [0.1, 0.15) is 5.75 Å². The number of ether oxygens (including phenoxy) is 1. The van der Waals surface area contributed by atoms with Crippen molar-refractivity contribution in [3.63, 3.8) is 0 Å². The molecule has 2 aromatic rings. The fraction of sp³-hybridized carbons (Fsp3) is 0.0769. The van der Waals surface area contributed by atoms with E-state index in [1.165, 1.54) is 0 Å². The molecule has 0 aromatic heterocycles. The highest BCUT2D eigenvalue weighted by Crippen LogP contribution is 2.30. The topological polar surface area (TPSA) is 9.23 Å². The molecule has 0 spiro atoms. The van der Waals surface area contributed by atoms with Crippen molar-refractivity contribution >= 4 is 28.4 Å². The predicted molar refractivity (Wildman–Crippen MR) is 65.6 cm³/mol. The molecule has 0 saturated carbocycles. The van der Waals surface area contributed by atoms with Gasteiger partial charge >= 0.3 is 0 Å². The van der Waals surface area contributed by atoms with E-state index >= 15 is 0 Å². The molecular weight excluding hydrogens is 208 g/mol. The minimum atomic E-state index is 0.741. The summed E-state index contributed by atoms with van der Waals surface area (Å²) in [5, 5.41) is 2.84. The Morgan fingerprint density at radius 1 is 1.27 bits per heavy atom. The Morgan fingerprint density at radius 2 is 2.07 bits per heavy atom. The van der Waals surface area contributed by atoms with Crippen molar-refractivity contribution in [3.05, 3.63) is 47.5 Å². The van der Waals surface area contributed by atoms with Crippen LogP contribution in [0.15, 0.2) is 36.9 Å². The lowest BCUT2D eigenvalue weighted by molar-refractivity contribution is 0.415. The summed E-state index contributed by atoms with van der Waals surface area (Å²) in [4.78, 5) is 0. The highest BCUT2D eigenvalue weighted by Gasteiger charge is 2.03. The Bertz CT molecular complexity index is 517. The van der Waals surface area contributed by atoms with Gasteiger partial charge < -0.3 is 4.74 Å². The molecule has 0 aliphatic carbocycles. The molecule has 0 heterocycles. The largest absolute Gasteiger partial charge is 0.497 e. The molecule has 0 atom stereocenters. The van der Waals surface area contributed by atoms with E-state index in [0.29, 0.717) is 0 Å². The van der Waals surface area contributed by atoms with Crippen molar-refractivity contribution in [2.24, 2.45) is 0 Å². The molecule has 15 heavy (non-hydrogen) atoms. The summed E-state index contributed by atoms with van der Waals surface area (Å²) >= 11 is 6.23.